The van der Waals surface area contributed by atoms with Crippen molar-refractivity contribution < 1.29 is 4.79 Å². The average Bonchev–Trinajstić information content (AvgIpc) is 2.70. The molecule has 0 bridgehead atoms. The molecule has 0 radical (unpaired) electrons. The molecule has 6 nitrogen and oxygen atoms in total. The molecule has 0 spiro atoms. The minimum atomic E-state index is -0.374. The molecule has 2 rings (SSSR count). The lowest BCUT2D eigenvalue weighted by atomic mass is 10.2. The second-order valence-electron chi connectivity index (χ2n) is 3.96. The standard InChI is InChI=1S/C11H12ClN5OS/c1-6(9-15-16-11(19)17(9)13)14-10(18)7-2-4-8(12)5-3-7/h2-6H,13H2,1H3,(H,14,18)(H,16,19). The van der Waals surface area contributed by atoms with Crippen LogP contribution in [-0.4, -0.2) is 20.8 Å². The van der Waals surface area contributed by atoms with Crippen molar-refractivity contribution in [2.24, 2.45) is 0 Å². The molecule has 1 amide bonds. The summed E-state index contributed by atoms with van der Waals surface area (Å²) in [5.74, 6) is 5.90. The van der Waals surface area contributed by atoms with Gasteiger partial charge in [-0.2, -0.15) is 5.10 Å². The van der Waals surface area contributed by atoms with Crippen molar-refractivity contribution >= 4 is 29.7 Å². The molecule has 0 aliphatic carbocycles. The minimum Gasteiger partial charge on any atom is -0.342 e. The van der Waals surface area contributed by atoms with Crippen molar-refractivity contribution in [2.45, 2.75) is 13.0 Å². The number of carbonyl (C=O) groups excluding carboxylic acids is 1. The first-order valence-electron chi connectivity index (χ1n) is 5.48. The lowest BCUT2D eigenvalue weighted by Gasteiger charge is -2.12. The maximum Gasteiger partial charge on any atom is 0.251 e. The highest BCUT2D eigenvalue weighted by atomic mass is 35.5. The van der Waals surface area contributed by atoms with Crippen LogP contribution < -0.4 is 11.2 Å². The van der Waals surface area contributed by atoms with E-state index in [2.05, 4.69) is 15.5 Å². The van der Waals surface area contributed by atoms with Crippen molar-refractivity contribution in [1.82, 2.24) is 20.2 Å². The fourth-order valence-electron chi connectivity index (χ4n) is 1.57. The van der Waals surface area contributed by atoms with Gasteiger partial charge in [0.25, 0.3) is 5.91 Å². The maximum atomic E-state index is 12.0. The Bertz CT molecular complexity index is 648. The zero-order chi connectivity index (χ0) is 14.0. The predicted octanol–water partition coefficient (Wildman–Crippen LogP) is 1.80. The average molecular weight is 298 g/mol. The van der Waals surface area contributed by atoms with E-state index in [9.17, 15) is 4.79 Å². The zero-order valence-corrected chi connectivity index (χ0v) is 11.6. The monoisotopic (exact) mass is 297 g/mol. The van der Waals surface area contributed by atoms with E-state index >= 15 is 0 Å². The highest BCUT2D eigenvalue weighted by Crippen LogP contribution is 2.12. The number of carbonyl (C=O) groups is 1. The Morgan fingerprint density at radius 2 is 2.16 bits per heavy atom. The van der Waals surface area contributed by atoms with Crippen molar-refractivity contribution in [1.29, 1.82) is 0 Å². The van der Waals surface area contributed by atoms with E-state index < -0.39 is 0 Å². The van der Waals surface area contributed by atoms with Crippen LogP contribution in [0, 0.1) is 4.77 Å². The van der Waals surface area contributed by atoms with Crippen molar-refractivity contribution in [3.63, 3.8) is 0 Å². The summed E-state index contributed by atoms with van der Waals surface area (Å²) < 4.78 is 1.52. The second-order valence-corrected chi connectivity index (χ2v) is 4.78. The molecule has 2 aromatic rings. The molecule has 100 valence electrons. The van der Waals surface area contributed by atoms with E-state index in [1.165, 1.54) is 4.68 Å². The fourth-order valence-corrected chi connectivity index (χ4v) is 1.83. The Kier molecular flexibility index (Phi) is 3.87. The highest BCUT2D eigenvalue weighted by Gasteiger charge is 2.16. The van der Waals surface area contributed by atoms with E-state index in [4.69, 9.17) is 29.7 Å². The van der Waals surface area contributed by atoms with Crippen LogP contribution in [0.25, 0.3) is 0 Å². The highest BCUT2D eigenvalue weighted by molar-refractivity contribution is 7.71. The Morgan fingerprint density at radius 1 is 1.53 bits per heavy atom. The Morgan fingerprint density at radius 3 is 2.68 bits per heavy atom. The first kappa shape index (κ1) is 13.6. The van der Waals surface area contributed by atoms with E-state index in [-0.39, 0.29) is 11.9 Å². The van der Waals surface area contributed by atoms with Crippen LogP contribution in [0.15, 0.2) is 24.3 Å². The van der Waals surface area contributed by atoms with Gasteiger partial charge in [-0.05, 0) is 43.4 Å². The Labute approximate surface area is 119 Å². The molecule has 1 aromatic heterocycles. The third-order valence-electron chi connectivity index (χ3n) is 2.57. The molecule has 0 aliphatic heterocycles. The molecule has 8 heteroatoms. The fraction of sp³-hybridized carbons (Fsp3) is 0.182. The van der Waals surface area contributed by atoms with Gasteiger partial charge in [-0.15, -0.1) is 0 Å². The predicted molar refractivity (Wildman–Crippen MR) is 74.9 cm³/mol. The van der Waals surface area contributed by atoms with Crippen LogP contribution >= 0.6 is 23.8 Å². The first-order valence-corrected chi connectivity index (χ1v) is 6.26. The molecular weight excluding hydrogens is 286 g/mol. The topological polar surface area (TPSA) is 88.7 Å². The molecule has 0 fully saturated rings. The Hall–Kier alpha value is -1.86. The number of hydrogen-bond donors (Lipinski definition) is 3. The largest absolute Gasteiger partial charge is 0.342 e. The first-order chi connectivity index (χ1) is 8.99. The number of benzene rings is 1. The summed E-state index contributed by atoms with van der Waals surface area (Å²) in [4.78, 5) is 12.0. The number of H-pyrrole nitrogens is 1. The smallest absolute Gasteiger partial charge is 0.251 e. The summed E-state index contributed by atoms with van der Waals surface area (Å²) in [5, 5.41) is 9.87. The number of nitrogens with one attached hydrogen (secondary N) is 2. The van der Waals surface area contributed by atoms with E-state index in [1.807, 2.05) is 0 Å². The quantitative estimate of drug-likeness (QED) is 0.595. The molecular formula is C11H12ClN5OS. The summed E-state index contributed by atoms with van der Waals surface area (Å²) in [6.45, 7) is 1.77. The van der Waals surface area contributed by atoms with Crippen LogP contribution in [0.3, 0.4) is 0 Å². The van der Waals surface area contributed by atoms with E-state index in [0.29, 0.717) is 21.2 Å². The number of aromatic nitrogens is 3. The number of nitrogens with two attached hydrogens (primary N) is 1. The number of halogens is 1. The van der Waals surface area contributed by atoms with Crippen LogP contribution in [0.2, 0.25) is 5.02 Å². The van der Waals surface area contributed by atoms with Crippen molar-refractivity contribution in [3.05, 3.63) is 45.4 Å². The molecule has 1 heterocycles. The SMILES string of the molecule is CC(NC(=O)c1ccc(Cl)cc1)c1n[nH]c(=S)n1N. The number of nitrogen functional groups attached to an aromatic ring is 1. The normalized spacial score (nSPS) is 12.1. The van der Waals surface area contributed by atoms with Gasteiger partial charge in [0.2, 0.25) is 4.77 Å². The van der Waals surface area contributed by atoms with Crippen molar-refractivity contribution in [3.8, 4) is 0 Å². The number of aromatic amines is 1. The van der Waals surface area contributed by atoms with Crippen LogP contribution in [0.4, 0.5) is 0 Å². The van der Waals surface area contributed by atoms with Gasteiger partial charge in [0.05, 0.1) is 6.04 Å². The number of rotatable bonds is 3. The summed E-state index contributed by atoms with van der Waals surface area (Å²) in [5.41, 5.74) is 0.508. The summed E-state index contributed by atoms with van der Waals surface area (Å²) in [6, 6.07) is 6.22. The van der Waals surface area contributed by atoms with Crippen LogP contribution in [0.5, 0.6) is 0 Å². The minimum absolute atomic E-state index is 0.238. The van der Waals surface area contributed by atoms with Crippen LogP contribution in [0.1, 0.15) is 29.1 Å². The molecule has 0 saturated carbocycles. The van der Waals surface area contributed by atoms with Gasteiger partial charge in [0.1, 0.15) is 0 Å². The summed E-state index contributed by atoms with van der Waals surface area (Å²) in [6.07, 6.45) is 0. The third-order valence-corrected chi connectivity index (χ3v) is 3.11. The zero-order valence-electron chi connectivity index (χ0n) is 10.1. The Balaban J connectivity index is 2.13. The molecule has 1 aromatic carbocycles. The van der Waals surface area contributed by atoms with Gasteiger partial charge in [0.15, 0.2) is 5.82 Å². The number of nitrogens with zero attached hydrogens (tertiary/aromatic N) is 2. The van der Waals surface area contributed by atoms with Gasteiger partial charge in [-0.1, -0.05) is 11.6 Å². The lowest BCUT2D eigenvalue weighted by Crippen LogP contribution is -2.30. The van der Waals surface area contributed by atoms with Gasteiger partial charge < -0.3 is 11.2 Å². The molecule has 1 atom stereocenters. The van der Waals surface area contributed by atoms with Crippen LogP contribution in [-0.2, 0) is 0 Å². The molecule has 19 heavy (non-hydrogen) atoms. The van der Waals surface area contributed by atoms with Gasteiger partial charge >= 0.3 is 0 Å². The van der Waals surface area contributed by atoms with Gasteiger partial charge in [0, 0.05) is 10.6 Å². The summed E-state index contributed by atoms with van der Waals surface area (Å²) in [7, 11) is 0. The van der Waals surface area contributed by atoms with E-state index in [0.717, 1.165) is 0 Å². The number of hydrogen-bond acceptors (Lipinski definition) is 4. The lowest BCUT2D eigenvalue weighted by molar-refractivity contribution is 0.0938. The number of amides is 1. The molecule has 4 N–H and O–H groups in total. The molecule has 0 saturated heterocycles. The summed E-state index contributed by atoms with van der Waals surface area (Å²) >= 11 is 10.7. The van der Waals surface area contributed by atoms with Gasteiger partial charge in [-0.25, -0.2) is 4.68 Å². The van der Waals surface area contributed by atoms with Gasteiger partial charge in [-0.3, -0.25) is 9.89 Å². The second kappa shape index (κ2) is 5.41. The maximum absolute atomic E-state index is 12.0. The van der Waals surface area contributed by atoms with Crippen molar-refractivity contribution in [2.75, 3.05) is 5.84 Å². The third kappa shape index (κ3) is 2.94. The molecule has 1 unspecified atom stereocenters. The molecule has 0 aliphatic rings. The van der Waals surface area contributed by atoms with E-state index in [1.54, 1.807) is 31.2 Å².